The number of rotatable bonds is 8. The van der Waals surface area contributed by atoms with Gasteiger partial charge in [-0.05, 0) is 82.5 Å². The molecule has 0 aliphatic carbocycles. The third-order valence-electron chi connectivity index (χ3n) is 6.33. The van der Waals surface area contributed by atoms with Gasteiger partial charge in [0.2, 0.25) is 5.95 Å². The fourth-order valence-electron chi connectivity index (χ4n) is 4.43. The molecule has 0 bridgehead atoms. The van der Waals surface area contributed by atoms with E-state index in [0.717, 1.165) is 5.56 Å². The van der Waals surface area contributed by atoms with Crippen LogP contribution in [-0.4, -0.2) is 32.7 Å². The summed E-state index contributed by atoms with van der Waals surface area (Å²) < 4.78 is 28.3. The summed E-state index contributed by atoms with van der Waals surface area (Å²) >= 11 is 3.60. The van der Waals surface area contributed by atoms with Crippen LogP contribution in [0.25, 0.3) is 0 Å². The lowest BCUT2D eigenvalue weighted by atomic mass is 9.94. The zero-order valence-corrected chi connectivity index (χ0v) is 23.1. The second-order valence-electron chi connectivity index (χ2n) is 8.93. The van der Waals surface area contributed by atoms with Crippen molar-refractivity contribution in [3.8, 4) is 11.5 Å². The number of benzene rings is 3. The summed E-state index contributed by atoms with van der Waals surface area (Å²) in [5.41, 5.74) is 3.80. The summed E-state index contributed by atoms with van der Waals surface area (Å²) in [6.07, 6.45) is 0. The lowest BCUT2D eigenvalue weighted by Gasteiger charge is -2.29. The molecular formula is C28H26BrFN6O3. The highest BCUT2D eigenvalue weighted by atomic mass is 79.9. The fourth-order valence-corrected chi connectivity index (χ4v) is 5.01. The molecule has 0 spiro atoms. The Balaban J connectivity index is 1.54. The Morgan fingerprint density at radius 2 is 1.90 bits per heavy atom. The molecule has 200 valence electrons. The van der Waals surface area contributed by atoms with Gasteiger partial charge in [0.05, 0.1) is 16.7 Å². The smallest absolute Gasteiger partial charge is 0.255 e. The zero-order chi connectivity index (χ0) is 27.5. The number of tetrazole rings is 1. The van der Waals surface area contributed by atoms with Crippen LogP contribution in [0.4, 0.5) is 16.0 Å². The van der Waals surface area contributed by atoms with Crippen LogP contribution in [-0.2, 0) is 11.4 Å². The lowest BCUT2D eigenvalue weighted by molar-refractivity contribution is -0.113. The molecule has 0 saturated carbocycles. The van der Waals surface area contributed by atoms with Gasteiger partial charge in [0.15, 0.2) is 11.5 Å². The summed E-state index contributed by atoms with van der Waals surface area (Å²) in [6.45, 7) is 5.97. The Morgan fingerprint density at radius 1 is 1.13 bits per heavy atom. The van der Waals surface area contributed by atoms with Gasteiger partial charge in [-0.2, -0.15) is 4.68 Å². The molecule has 1 aliphatic heterocycles. The topological polar surface area (TPSA) is 103 Å². The largest absolute Gasteiger partial charge is 0.490 e. The number of hydrogen-bond acceptors (Lipinski definition) is 7. The predicted molar refractivity (Wildman–Crippen MR) is 148 cm³/mol. The normalized spacial score (nSPS) is 14.4. The molecule has 2 N–H and O–H groups in total. The zero-order valence-electron chi connectivity index (χ0n) is 21.5. The van der Waals surface area contributed by atoms with Crippen molar-refractivity contribution in [3.05, 3.63) is 98.9 Å². The van der Waals surface area contributed by atoms with Crippen molar-refractivity contribution in [2.24, 2.45) is 0 Å². The van der Waals surface area contributed by atoms with Crippen LogP contribution in [0.3, 0.4) is 0 Å². The highest BCUT2D eigenvalue weighted by molar-refractivity contribution is 9.10. The van der Waals surface area contributed by atoms with Crippen LogP contribution in [0.5, 0.6) is 11.5 Å². The predicted octanol–water partition coefficient (Wildman–Crippen LogP) is 5.79. The van der Waals surface area contributed by atoms with E-state index in [4.69, 9.17) is 9.47 Å². The molecule has 39 heavy (non-hydrogen) atoms. The Hall–Kier alpha value is -4.25. The van der Waals surface area contributed by atoms with Gasteiger partial charge < -0.3 is 20.1 Å². The number of amides is 1. The summed E-state index contributed by atoms with van der Waals surface area (Å²) in [5.74, 6) is 0.603. The number of carbonyl (C=O) groups excluding carboxylic acids is 1. The number of ether oxygens (including phenoxy) is 2. The molecule has 1 aromatic heterocycles. The summed E-state index contributed by atoms with van der Waals surface area (Å²) in [7, 11) is 0. The molecular weight excluding hydrogens is 567 g/mol. The fraction of sp³-hybridized carbons (Fsp3) is 0.214. The first-order valence-corrected chi connectivity index (χ1v) is 13.1. The van der Waals surface area contributed by atoms with Crippen LogP contribution in [0, 0.1) is 12.7 Å². The van der Waals surface area contributed by atoms with Crippen molar-refractivity contribution in [2.75, 3.05) is 17.2 Å². The van der Waals surface area contributed by atoms with Crippen LogP contribution < -0.4 is 20.1 Å². The summed E-state index contributed by atoms with van der Waals surface area (Å²) in [6, 6.07) is 16.9. The molecule has 1 unspecified atom stereocenters. The number of aromatic nitrogens is 4. The maximum atomic E-state index is 14.2. The van der Waals surface area contributed by atoms with Crippen LogP contribution >= 0.6 is 15.9 Å². The van der Waals surface area contributed by atoms with Crippen LogP contribution in [0.1, 0.15) is 36.6 Å². The molecule has 1 atom stereocenters. The minimum atomic E-state index is -0.670. The van der Waals surface area contributed by atoms with Gasteiger partial charge in [-0.1, -0.05) is 41.5 Å². The van der Waals surface area contributed by atoms with Gasteiger partial charge in [-0.25, -0.2) is 4.39 Å². The van der Waals surface area contributed by atoms with Crippen molar-refractivity contribution >= 4 is 33.5 Å². The monoisotopic (exact) mass is 592 g/mol. The number of nitrogens with zero attached hydrogens (tertiary/aromatic N) is 4. The minimum absolute atomic E-state index is 0.0122. The molecule has 1 amide bonds. The minimum Gasteiger partial charge on any atom is -0.490 e. The number of carbonyl (C=O) groups is 1. The molecule has 5 rings (SSSR count). The number of hydrogen-bond donors (Lipinski definition) is 2. The standard InChI is InChI=1S/C28H26BrFN6O3/c1-4-38-23-14-19(13-20(29)26(23)39-15-18-10-6-7-11-21(18)30)25-24(17(3)31-28-33-34-35-36(25)28)27(37)32-22-12-8-5-9-16(22)2/h5-14,25H,4,15H2,1-3H3,(H,32,37)(H,31,33,35). The van der Waals surface area contributed by atoms with Crippen molar-refractivity contribution in [3.63, 3.8) is 0 Å². The molecule has 3 aromatic carbocycles. The summed E-state index contributed by atoms with van der Waals surface area (Å²) in [5, 5.41) is 18.2. The average molecular weight is 593 g/mol. The van der Waals surface area contributed by atoms with Crippen LogP contribution in [0.2, 0.25) is 0 Å². The SMILES string of the molecule is CCOc1cc(C2C(C(=O)Nc3ccccc3C)=C(C)Nc3nnnn32)cc(Br)c1OCc1ccccc1F. The maximum Gasteiger partial charge on any atom is 0.255 e. The number of halogens is 2. The van der Waals surface area contributed by atoms with Gasteiger partial charge in [0, 0.05) is 16.9 Å². The first-order chi connectivity index (χ1) is 18.9. The maximum absolute atomic E-state index is 14.2. The van der Waals surface area contributed by atoms with E-state index >= 15 is 0 Å². The molecule has 4 aromatic rings. The third kappa shape index (κ3) is 5.35. The van der Waals surface area contributed by atoms with Crippen molar-refractivity contribution in [1.82, 2.24) is 20.2 Å². The second kappa shape index (κ2) is 11.2. The van der Waals surface area contributed by atoms with Gasteiger partial charge in [0.1, 0.15) is 18.5 Å². The number of fused-ring (bicyclic) bond motifs is 1. The second-order valence-corrected chi connectivity index (χ2v) is 9.78. The molecule has 11 heteroatoms. The van der Waals surface area contributed by atoms with Gasteiger partial charge in [0.25, 0.3) is 5.91 Å². The van der Waals surface area contributed by atoms with Gasteiger partial charge in [-0.3, -0.25) is 4.79 Å². The van der Waals surface area contributed by atoms with E-state index < -0.39 is 6.04 Å². The number of allylic oxidation sites excluding steroid dienone is 1. The van der Waals surface area contributed by atoms with E-state index in [-0.39, 0.29) is 18.3 Å². The van der Waals surface area contributed by atoms with Crippen molar-refractivity contribution < 1.29 is 18.7 Å². The quantitative estimate of drug-likeness (QED) is 0.267. The van der Waals surface area contributed by atoms with Gasteiger partial charge in [-0.15, -0.1) is 0 Å². The van der Waals surface area contributed by atoms with E-state index in [1.165, 1.54) is 6.07 Å². The number of anilines is 2. The highest BCUT2D eigenvalue weighted by Gasteiger charge is 2.35. The van der Waals surface area contributed by atoms with Crippen molar-refractivity contribution in [2.45, 2.75) is 33.4 Å². The lowest BCUT2D eigenvalue weighted by Crippen LogP contribution is -2.31. The Kier molecular flexibility index (Phi) is 7.60. The van der Waals surface area contributed by atoms with Crippen LogP contribution in [0.15, 0.2) is 76.4 Å². The van der Waals surface area contributed by atoms with E-state index in [1.807, 2.05) is 51.1 Å². The third-order valence-corrected chi connectivity index (χ3v) is 6.92. The average Bonchev–Trinajstić information content (AvgIpc) is 3.37. The molecule has 1 aliphatic rings. The van der Waals surface area contributed by atoms with Gasteiger partial charge >= 0.3 is 0 Å². The number of aryl methyl sites for hydroxylation is 1. The molecule has 0 radical (unpaired) electrons. The first-order valence-electron chi connectivity index (χ1n) is 12.3. The first kappa shape index (κ1) is 26.4. The van der Waals surface area contributed by atoms with Crippen molar-refractivity contribution in [1.29, 1.82) is 0 Å². The number of nitrogens with one attached hydrogen (secondary N) is 2. The Bertz CT molecular complexity index is 1570. The molecule has 0 fully saturated rings. The van der Waals surface area contributed by atoms with E-state index in [2.05, 4.69) is 42.1 Å². The van der Waals surface area contributed by atoms with E-state index in [1.54, 1.807) is 28.9 Å². The number of para-hydroxylation sites is 1. The van der Waals surface area contributed by atoms with E-state index in [0.29, 0.717) is 56.6 Å². The Labute approximate surface area is 233 Å². The Morgan fingerprint density at radius 3 is 2.67 bits per heavy atom. The molecule has 2 heterocycles. The summed E-state index contributed by atoms with van der Waals surface area (Å²) in [4.78, 5) is 13.7. The highest BCUT2D eigenvalue weighted by Crippen LogP contribution is 2.43. The molecule has 9 nitrogen and oxygen atoms in total. The van der Waals surface area contributed by atoms with E-state index in [9.17, 15) is 9.18 Å². The molecule has 0 saturated heterocycles.